The van der Waals surface area contributed by atoms with Crippen molar-refractivity contribution in [1.82, 2.24) is 0 Å². The summed E-state index contributed by atoms with van der Waals surface area (Å²) in [5.74, 6) is -2.65. The van der Waals surface area contributed by atoms with Gasteiger partial charge >= 0.3 is 11.9 Å². The van der Waals surface area contributed by atoms with Crippen molar-refractivity contribution in [2.45, 2.75) is 71.0 Å². The van der Waals surface area contributed by atoms with Gasteiger partial charge in [0.15, 0.2) is 11.4 Å². The first-order valence-electron chi connectivity index (χ1n) is 12.1. The topological polar surface area (TPSA) is 138 Å². The van der Waals surface area contributed by atoms with Gasteiger partial charge in [-0.3, -0.25) is 19.2 Å². The van der Waals surface area contributed by atoms with Crippen LogP contribution in [-0.4, -0.2) is 57.1 Å². The second kappa shape index (κ2) is 8.41. The van der Waals surface area contributed by atoms with Gasteiger partial charge in [0.25, 0.3) is 0 Å². The number of carboxylic acid groups (broad SMARTS) is 1. The van der Waals surface area contributed by atoms with Gasteiger partial charge in [-0.25, -0.2) is 0 Å². The van der Waals surface area contributed by atoms with E-state index in [0.29, 0.717) is 6.42 Å². The minimum atomic E-state index is -1.60. The number of fused-ring (bicyclic) bond motifs is 5. The quantitative estimate of drug-likeness (QED) is 0.498. The molecule has 0 aromatic heterocycles. The van der Waals surface area contributed by atoms with Gasteiger partial charge in [0.2, 0.25) is 5.78 Å². The van der Waals surface area contributed by atoms with Crippen molar-refractivity contribution in [3.05, 3.63) is 23.8 Å². The Labute approximate surface area is 199 Å². The van der Waals surface area contributed by atoms with Crippen LogP contribution in [0.1, 0.15) is 59.3 Å². The van der Waals surface area contributed by atoms with Crippen LogP contribution < -0.4 is 0 Å². The highest BCUT2D eigenvalue weighted by Crippen LogP contribution is 2.68. The molecule has 0 heterocycles. The Hall–Kier alpha value is -2.32. The Balaban J connectivity index is 1.72. The number of Topliss-reactive ketones (excluding diaryl/α,β-unsaturated/α-hetero) is 1. The summed E-state index contributed by atoms with van der Waals surface area (Å²) in [6.07, 6.45) is 5.34. The molecule has 0 saturated heterocycles. The summed E-state index contributed by atoms with van der Waals surface area (Å²) in [7, 11) is 0. The van der Waals surface area contributed by atoms with Gasteiger partial charge in [-0.15, -0.1) is 0 Å². The zero-order valence-electron chi connectivity index (χ0n) is 20.0. The predicted molar refractivity (Wildman–Crippen MR) is 120 cm³/mol. The van der Waals surface area contributed by atoms with E-state index in [-0.39, 0.29) is 48.7 Å². The van der Waals surface area contributed by atoms with Crippen molar-refractivity contribution in [2.24, 2.45) is 34.5 Å². The lowest BCUT2D eigenvalue weighted by Gasteiger charge is -2.61. The van der Waals surface area contributed by atoms with E-state index in [1.807, 2.05) is 13.0 Å². The molecule has 0 amide bonds. The molecule has 3 N–H and O–H groups in total. The molecule has 0 aromatic rings. The molecule has 3 unspecified atom stereocenters. The Morgan fingerprint density at radius 2 is 1.91 bits per heavy atom. The van der Waals surface area contributed by atoms with E-state index < -0.39 is 53.3 Å². The Kier molecular flexibility index (Phi) is 6.13. The summed E-state index contributed by atoms with van der Waals surface area (Å²) in [5, 5.41) is 30.3. The molecule has 3 saturated carbocycles. The molecular weight excluding hydrogens is 440 g/mol. The molecular formula is C26H34O8. The number of esters is 1. The van der Waals surface area contributed by atoms with E-state index in [4.69, 9.17) is 9.84 Å². The van der Waals surface area contributed by atoms with Gasteiger partial charge in [-0.1, -0.05) is 32.4 Å². The normalized spacial score (nSPS) is 42.8. The van der Waals surface area contributed by atoms with Crippen molar-refractivity contribution >= 4 is 23.5 Å². The summed E-state index contributed by atoms with van der Waals surface area (Å²) >= 11 is 0. The fourth-order valence-corrected chi connectivity index (χ4v) is 8.00. The van der Waals surface area contributed by atoms with Crippen LogP contribution in [0.25, 0.3) is 0 Å². The van der Waals surface area contributed by atoms with E-state index in [1.54, 1.807) is 12.2 Å². The van der Waals surface area contributed by atoms with Gasteiger partial charge in [0.05, 0.1) is 18.9 Å². The molecule has 8 heteroatoms. The second-order valence-corrected chi connectivity index (χ2v) is 11.1. The number of aliphatic hydroxyl groups excluding tert-OH is 2. The molecule has 0 radical (unpaired) electrons. The largest absolute Gasteiger partial charge is 0.481 e. The molecule has 3 fully saturated rings. The van der Waals surface area contributed by atoms with Gasteiger partial charge in [-0.2, -0.15) is 0 Å². The molecule has 186 valence electrons. The van der Waals surface area contributed by atoms with Crippen molar-refractivity contribution < 1.29 is 39.2 Å². The standard InChI is InChI=1S/C26H34O8/c1-14-10-16-17-7-9-26(20(30)13-27,34-22(33)5-4-21(31)32)25(17,3)12-19(29)23(16)24(2)8-6-15(28)11-18(14)24/h6,8,11,14,16-17,19,23,27,29H,4-5,7,9-10,12-13H2,1-3H3,(H,31,32)/t14-,16?,17?,19-,23?,24-,25-,26-/m0/s1. The van der Waals surface area contributed by atoms with Crippen LogP contribution in [0.4, 0.5) is 0 Å². The first-order valence-corrected chi connectivity index (χ1v) is 12.1. The van der Waals surface area contributed by atoms with Gasteiger partial charge < -0.3 is 20.1 Å². The molecule has 4 aliphatic carbocycles. The molecule has 0 aliphatic heterocycles. The van der Waals surface area contributed by atoms with Crippen molar-refractivity contribution in [1.29, 1.82) is 0 Å². The van der Waals surface area contributed by atoms with Crippen LogP contribution in [0.3, 0.4) is 0 Å². The molecule has 0 spiro atoms. The predicted octanol–water partition coefficient (Wildman–Crippen LogP) is 2.22. The SMILES string of the molecule is C[C@H]1CC2C([C@@H](O)C[C@@]3(C)C2CC[C@]3(OC(=O)CCC(=O)O)C(=O)CO)[C@@]2(C)C=CC(=O)C=C12. The number of ether oxygens (including phenoxy) is 1. The maximum Gasteiger partial charge on any atom is 0.307 e. The smallest absolute Gasteiger partial charge is 0.307 e. The third kappa shape index (κ3) is 3.49. The molecule has 4 rings (SSSR count). The highest BCUT2D eigenvalue weighted by Gasteiger charge is 2.70. The zero-order chi connectivity index (χ0) is 25.1. The molecule has 0 aromatic carbocycles. The van der Waals surface area contributed by atoms with Crippen LogP contribution in [0.15, 0.2) is 23.8 Å². The number of carboxylic acids is 1. The third-order valence-electron chi connectivity index (χ3n) is 9.36. The van der Waals surface area contributed by atoms with E-state index >= 15 is 0 Å². The fourth-order valence-electron chi connectivity index (χ4n) is 8.00. The number of rotatable bonds is 6. The lowest BCUT2D eigenvalue weighted by Crippen LogP contribution is -2.63. The Morgan fingerprint density at radius 3 is 2.56 bits per heavy atom. The monoisotopic (exact) mass is 474 g/mol. The zero-order valence-corrected chi connectivity index (χ0v) is 20.0. The van der Waals surface area contributed by atoms with Gasteiger partial charge in [0, 0.05) is 16.7 Å². The van der Waals surface area contributed by atoms with E-state index in [9.17, 15) is 29.4 Å². The van der Waals surface area contributed by atoms with Crippen LogP contribution in [0.5, 0.6) is 0 Å². The number of hydrogen-bond donors (Lipinski definition) is 3. The first kappa shape index (κ1) is 24.8. The van der Waals surface area contributed by atoms with E-state index in [0.717, 1.165) is 12.0 Å². The van der Waals surface area contributed by atoms with E-state index in [2.05, 4.69) is 13.8 Å². The summed E-state index contributed by atoms with van der Waals surface area (Å²) in [5.41, 5.74) is -1.97. The maximum atomic E-state index is 13.1. The average molecular weight is 475 g/mol. The number of carbonyl (C=O) groups excluding carboxylic acids is 3. The first-order chi connectivity index (χ1) is 15.9. The molecule has 0 bridgehead atoms. The second-order valence-electron chi connectivity index (χ2n) is 11.1. The highest BCUT2D eigenvalue weighted by molar-refractivity contribution is 6.01. The highest BCUT2D eigenvalue weighted by atomic mass is 16.6. The van der Waals surface area contributed by atoms with Crippen LogP contribution in [-0.2, 0) is 23.9 Å². The lowest BCUT2D eigenvalue weighted by atomic mass is 9.44. The van der Waals surface area contributed by atoms with Gasteiger partial charge in [-0.05, 0) is 55.6 Å². The Morgan fingerprint density at radius 1 is 1.21 bits per heavy atom. The minimum Gasteiger partial charge on any atom is -0.481 e. The number of ketones is 2. The fraction of sp³-hybridized carbons (Fsp3) is 0.692. The average Bonchev–Trinajstić information content (AvgIpc) is 3.05. The maximum absolute atomic E-state index is 13.1. The number of aliphatic hydroxyl groups is 2. The molecule has 34 heavy (non-hydrogen) atoms. The summed E-state index contributed by atoms with van der Waals surface area (Å²) in [6, 6.07) is 0. The van der Waals surface area contributed by atoms with Crippen molar-refractivity contribution in [3.8, 4) is 0 Å². The number of allylic oxidation sites excluding steroid dienone is 4. The minimum absolute atomic E-state index is 0.0230. The summed E-state index contributed by atoms with van der Waals surface area (Å²) < 4.78 is 5.78. The summed E-state index contributed by atoms with van der Waals surface area (Å²) in [4.78, 5) is 48.8. The van der Waals surface area contributed by atoms with Crippen molar-refractivity contribution in [2.75, 3.05) is 6.61 Å². The number of hydrogen-bond acceptors (Lipinski definition) is 7. The van der Waals surface area contributed by atoms with Gasteiger partial charge in [0.1, 0.15) is 6.61 Å². The van der Waals surface area contributed by atoms with Crippen LogP contribution in [0, 0.1) is 34.5 Å². The molecule has 8 atom stereocenters. The lowest BCUT2D eigenvalue weighted by molar-refractivity contribution is -0.201. The van der Waals surface area contributed by atoms with E-state index in [1.165, 1.54) is 0 Å². The number of aliphatic carboxylic acids is 1. The molecule has 8 nitrogen and oxygen atoms in total. The summed E-state index contributed by atoms with van der Waals surface area (Å²) in [6.45, 7) is 5.21. The number of carbonyl (C=O) groups is 4. The van der Waals surface area contributed by atoms with Crippen LogP contribution in [0.2, 0.25) is 0 Å². The van der Waals surface area contributed by atoms with Crippen LogP contribution >= 0.6 is 0 Å². The van der Waals surface area contributed by atoms with Crippen molar-refractivity contribution in [3.63, 3.8) is 0 Å². The Bertz CT molecular complexity index is 981. The molecule has 4 aliphatic rings. The third-order valence-corrected chi connectivity index (χ3v) is 9.36.